The number of nitrogens with zero attached hydrogens (tertiary/aromatic N) is 1. The summed E-state index contributed by atoms with van der Waals surface area (Å²) in [6.07, 6.45) is 8.74. The average Bonchev–Trinajstić information content (AvgIpc) is 2.33. The van der Waals surface area contributed by atoms with Crippen LogP contribution in [0.1, 0.15) is 51.9 Å². The van der Waals surface area contributed by atoms with Gasteiger partial charge in [-0.05, 0) is 19.8 Å². The second-order valence-electron chi connectivity index (χ2n) is 4.12. The van der Waals surface area contributed by atoms with Crippen LogP contribution in [0.15, 0.2) is 0 Å². The van der Waals surface area contributed by atoms with E-state index in [-0.39, 0.29) is 0 Å². The maximum Gasteiger partial charge on any atom is 0.0638 e. The van der Waals surface area contributed by atoms with Crippen LogP contribution in [0.25, 0.3) is 0 Å². The molecule has 0 heterocycles. The number of nitrogens with one attached hydrogen (secondary N) is 1. The molecule has 0 aromatic carbocycles. The maximum atomic E-state index is 8.53. The minimum absolute atomic E-state index is 0.369. The number of rotatable bonds is 3. The molecular weight excluding hydrogens is 160 g/mol. The molecule has 13 heavy (non-hydrogen) atoms. The summed E-state index contributed by atoms with van der Waals surface area (Å²) < 4.78 is 0. The fourth-order valence-electron chi connectivity index (χ4n) is 2.04. The Balaban J connectivity index is 2.22. The summed E-state index contributed by atoms with van der Waals surface area (Å²) in [6, 6.07) is 3.25. The molecule has 1 atom stereocenters. The summed E-state index contributed by atoms with van der Waals surface area (Å²) in [5.41, 5.74) is 0. The van der Waals surface area contributed by atoms with E-state index in [2.05, 4.69) is 18.3 Å². The van der Waals surface area contributed by atoms with Crippen LogP contribution in [0.4, 0.5) is 0 Å². The second-order valence-corrected chi connectivity index (χ2v) is 4.12. The monoisotopic (exact) mass is 180 g/mol. The summed E-state index contributed by atoms with van der Waals surface area (Å²) in [5.74, 6) is 0. The lowest BCUT2D eigenvalue weighted by Gasteiger charge is -2.19. The van der Waals surface area contributed by atoms with Gasteiger partial charge in [-0.1, -0.05) is 25.7 Å². The lowest BCUT2D eigenvalue weighted by Crippen LogP contribution is -2.35. The van der Waals surface area contributed by atoms with Gasteiger partial charge in [0.1, 0.15) is 0 Å². The van der Waals surface area contributed by atoms with Crippen molar-refractivity contribution in [2.24, 2.45) is 0 Å². The zero-order valence-electron chi connectivity index (χ0n) is 8.55. The van der Waals surface area contributed by atoms with E-state index in [4.69, 9.17) is 5.26 Å². The largest absolute Gasteiger partial charge is 0.310 e. The van der Waals surface area contributed by atoms with E-state index in [1.165, 1.54) is 38.5 Å². The fraction of sp³-hybridized carbons (Fsp3) is 0.909. The Morgan fingerprint density at radius 2 is 1.92 bits per heavy atom. The SMILES string of the molecule is CC(CC#N)NC1CCCCCC1. The van der Waals surface area contributed by atoms with E-state index in [1.807, 2.05) is 0 Å². The van der Waals surface area contributed by atoms with Crippen molar-refractivity contribution in [2.45, 2.75) is 64.0 Å². The van der Waals surface area contributed by atoms with Gasteiger partial charge < -0.3 is 5.32 Å². The summed E-state index contributed by atoms with van der Waals surface area (Å²) in [5, 5.41) is 12.1. The van der Waals surface area contributed by atoms with Crippen molar-refractivity contribution in [1.29, 1.82) is 5.26 Å². The van der Waals surface area contributed by atoms with Crippen LogP contribution in [0, 0.1) is 11.3 Å². The molecule has 2 heteroatoms. The number of nitriles is 1. The topological polar surface area (TPSA) is 35.8 Å². The van der Waals surface area contributed by atoms with Crippen molar-refractivity contribution < 1.29 is 0 Å². The fourth-order valence-corrected chi connectivity index (χ4v) is 2.04. The average molecular weight is 180 g/mol. The molecule has 1 saturated carbocycles. The van der Waals surface area contributed by atoms with Crippen molar-refractivity contribution in [3.05, 3.63) is 0 Å². The summed E-state index contributed by atoms with van der Waals surface area (Å²) >= 11 is 0. The molecule has 2 nitrogen and oxygen atoms in total. The highest BCUT2D eigenvalue weighted by atomic mass is 14.9. The highest BCUT2D eigenvalue weighted by molar-refractivity contribution is 4.81. The number of hydrogen-bond donors (Lipinski definition) is 1. The zero-order chi connectivity index (χ0) is 9.52. The molecule has 0 aromatic heterocycles. The van der Waals surface area contributed by atoms with Crippen molar-refractivity contribution >= 4 is 0 Å². The summed E-state index contributed by atoms with van der Waals surface area (Å²) in [7, 11) is 0. The first-order valence-corrected chi connectivity index (χ1v) is 5.46. The smallest absolute Gasteiger partial charge is 0.0638 e. The van der Waals surface area contributed by atoms with Gasteiger partial charge >= 0.3 is 0 Å². The lowest BCUT2D eigenvalue weighted by molar-refractivity contribution is 0.410. The van der Waals surface area contributed by atoms with Crippen LogP contribution < -0.4 is 5.32 Å². The van der Waals surface area contributed by atoms with Gasteiger partial charge in [0.25, 0.3) is 0 Å². The Labute approximate surface area is 81.3 Å². The molecule has 0 spiro atoms. The van der Waals surface area contributed by atoms with Gasteiger partial charge in [-0.2, -0.15) is 5.26 Å². The van der Waals surface area contributed by atoms with Crippen molar-refractivity contribution in [3.8, 4) is 6.07 Å². The third-order valence-electron chi connectivity index (χ3n) is 2.77. The highest BCUT2D eigenvalue weighted by Crippen LogP contribution is 2.17. The van der Waals surface area contributed by atoms with Crippen molar-refractivity contribution in [3.63, 3.8) is 0 Å². The summed E-state index contributed by atoms with van der Waals surface area (Å²) in [6.45, 7) is 2.11. The van der Waals surface area contributed by atoms with E-state index in [0.29, 0.717) is 18.5 Å². The molecule has 1 aliphatic rings. The van der Waals surface area contributed by atoms with E-state index in [1.54, 1.807) is 0 Å². The van der Waals surface area contributed by atoms with Gasteiger partial charge in [-0.25, -0.2) is 0 Å². The highest BCUT2D eigenvalue weighted by Gasteiger charge is 2.13. The van der Waals surface area contributed by atoms with Crippen LogP contribution in [-0.2, 0) is 0 Å². The van der Waals surface area contributed by atoms with Crippen molar-refractivity contribution in [1.82, 2.24) is 5.32 Å². The van der Waals surface area contributed by atoms with Gasteiger partial charge in [0.2, 0.25) is 0 Å². The molecule has 1 N–H and O–H groups in total. The molecule has 1 fully saturated rings. The van der Waals surface area contributed by atoms with Gasteiger partial charge in [0.05, 0.1) is 12.5 Å². The maximum absolute atomic E-state index is 8.53. The molecule has 0 aliphatic heterocycles. The molecule has 1 rings (SSSR count). The Morgan fingerprint density at radius 3 is 2.46 bits per heavy atom. The van der Waals surface area contributed by atoms with Crippen LogP contribution in [0.2, 0.25) is 0 Å². The number of hydrogen-bond acceptors (Lipinski definition) is 2. The third kappa shape index (κ3) is 4.28. The Bertz CT molecular complexity index is 163. The molecule has 0 saturated heterocycles. The van der Waals surface area contributed by atoms with Gasteiger partial charge in [-0.15, -0.1) is 0 Å². The standard InChI is InChI=1S/C11H20N2/c1-10(8-9-12)13-11-6-4-2-3-5-7-11/h10-11,13H,2-8H2,1H3. The first-order chi connectivity index (χ1) is 6.33. The second kappa shape index (κ2) is 5.99. The van der Waals surface area contributed by atoms with Gasteiger partial charge in [0, 0.05) is 12.1 Å². The zero-order valence-corrected chi connectivity index (χ0v) is 8.55. The summed E-state index contributed by atoms with van der Waals surface area (Å²) in [4.78, 5) is 0. The molecular formula is C11H20N2. The predicted molar refractivity (Wildman–Crippen MR) is 54.3 cm³/mol. The van der Waals surface area contributed by atoms with E-state index < -0.39 is 0 Å². The molecule has 0 radical (unpaired) electrons. The third-order valence-corrected chi connectivity index (χ3v) is 2.77. The first kappa shape index (κ1) is 10.5. The first-order valence-electron chi connectivity index (χ1n) is 5.46. The van der Waals surface area contributed by atoms with Crippen molar-refractivity contribution in [2.75, 3.05) is 0 Å². The Kier molecular flexibility index (Phi) is 4.85. The normalized spacial score (nSPS) is 21.8. The van der Waals surface area contributed by atoms with E-state index in [9.17, 15) is 0 Å². The van der Waals surface area contributed by atoms with Crippen LogP contribution in [0.5, 0.6) is 0 Å². The molecule has 74 valence electrons. The van der Waals surface area contributed by atoms with E-state index in [0.717, 1.165) is 0 Å². The Hall–Kier alpha value is -0.550. The molecule has 1 aliphatic carbocycles. The predicted octanol–water partition coefficient (Wildman–Crippen LogP) is 2.60. The lowest BCUT2D eigenvalue weighted by atomic mass is 10.1. The Morgan fingerprint density at radius 1 is 1.31 bits per heavy atom. The van der Waals surface area contributed by atoms with Crippen LogP contribution >= 0.6 is 0 Å². The molecule has 0 bridgehead atoms. The van der Waals surface area contributed by atoms with E-state index >= 15 is 0 Å². The van der Waals surface area contributed by atoms with Gasteiger partial charge in [0.15, 0.2) is 0 Å². The quantitative estimate of drug-likeness (QED) is 0.678. The van der Waals surface area contributed by atoms with Crippen LogP contribution in [-0.4, -0.2) is 12.1 Å². The molecule has 0 amide bonds. The minimum Gasteiger partial charge on any atom is -0.310 e. The molecule has 0 aromatic rings. The van der Waals surface area contributed by atoms with Crippen LogP contribution in [0.3, 0.4) is 0 Å². The minimum atomic E-state index is 0.369. The van der Waals surface area contributed by atoms with Gasteiger partial charge in [-0.3, -0.25) is 0 Å². The molecule has 1 unspecified atom stereocenters.